The van der Waals surface area contributed by atoms with E-state index in [1.54, 1.807) is 6.07 Å². The Kier molecular flexibility index (Phi) is 2.99. The third-order valence-electron chi connectivity index (χ3n) is 3.03. The normalized spacial score (nSPS) is 13.9. The number of phenols is 1. The molecule has 0 saturated carbocycles. The molecule has 2 aromatic carbocycles. The molecule has 2 aromatic rings. The van der Waals surface area contributed by atoms with Crippen molar-refractivity contribution in [2.75, 3.05) is 13.2 Å². The van der Waals surface area contributed by atoms with Crippen LogP contribution in [-0.2, 0) is 0 Å². The van der Waals surface area contributed by atoms with Crippen molar-refractivity contribution in [2.24, 2.45) is 0 Å². The number of phenolic OH excluding ortho intramolecular Hbond substituents is 1. The largest absolute Gasteiger partial charge is 0.505 e. The van der Waals surface area contributed by atoms with Crippen molar-refractivity contribution in [1.29, 1.82) is 0 Å². The van der Waals surface area contributed by atoms with Crippen molar-refractivity contribution in [3.63, 3.8) is 0 Å². The SMILES string of the molecule is Oc1ccc(-c2ccc3c(c2)OCCCO3)cc1F. The van der Waals surface area contributed by atoms with E-state index in [-0.39, 0.29) is 5.75 Å². The number of halogens is 1. The van der Waals surface area contributed by atoms with Gasteiger partial charge in [0, 0.05) is 6.42 Å². The van der Waals surface area contributed by atoms with Gasteiger partial charge in [-0.25, -0.2) is 4.39 Å². The molecule has 0 bridgehead atoms. The van der Waals surface area contributed by atoms with Gasteiger partial charge in [0.15, 0.2) is 23.1 Å². The monoisotopic (exact) mass is 260 g/mol. The van der Waals surface area contributed by atoms with E-state index >= 15 is 0 Å². The lowest BCUT2D eigenvalue weighted by molar-refractivity contribution is 0.297. The van der Waals surface area contributed by atoms with Gasteiger partial charge in [-0.05, 0) is 35.4 Å². The second kappa shape index (κ2) is 4.80. The number of rotatable bonds is 1. The molecule has 0 aliphatic carbocycles. The first-order valence-electron chi connectivity index (χ1n) is 6.12. The molecule has 19 heavy (non-hydrogen) atoms. The molecule has 0 atom stereocenters. The molecule has 3 nitrogen and oxygen atoms in total. The number of hydrogen-bond donors (Lipinski definition) is 1. The summed E-state index contributed by atoms with van der Waals surface area (Å²) in [7, 11) is 0. The van der Waals surface area contributed by atoms with E-state index < -0.39 is 5.82 Å². The zero-order chi connectivity index (χ0) is 13.2. The van der Waals surface area contributed by atoms with Gasteiger partial charge in [-0.2, -0.15) is 0 Å². The fourth-order valence-corrected chi connectivity index (χ4v) is 2.03. The van der Waals surface area contributed by atoms with Crippen molar-refractivity contribution in [3.05, 3.63) is 42.2 Å². The Hall–Kier alpha value is -2.23. The van der Waals surface area contributed by atoms with E-state index in [1.807, 2.05) is 18.2 Å². The van der Waals surface area contributed by atoms with Crippen LogP contribution in [0.25, 0.3) is 11.1 Å². The molecule has 1 aliphatic rings. The van der Waals surface area contributed by atoms with Gasteiger partial charge in [-0.1, -0.05) is 12.1 Å². The van der Waals surface area contributed by atoms with Crippen molar-refractivity contribution >= 4 is 0 Å². The van der Waals surface area contributed by atoms with Gasteiger partial charge in [0.1, 0.15) is 0 Å². The van der Waals surface area contributed by atoms with Gasteiger partial charge in [0.25, 0.3) is 0 Å². The zero-order valence-corrected chi connectivity index (χ0v) is 10.2. The fraction of sp³-hybridized carbons (Fsp3) is 0.200. The van der Waals surface area contributed by atoms with E-state index in [1.165, 1.54) is 12.1 Å². The summed E-state index contributed by atoms with van der Waals surface area (Å²) in [6.07, 6.45) is 0.845. The average Bonchev–Trinajstić information content (AvgIpc) is 2.66. The van der Waals surface area contributed by atoms with Crippen molar-refractivity contribution in [3.8, 4) is 28.4 Å². The first-order chi connectivity index (χ1) is 9.24. The van der Waals surface area contributed by atoms with E-state index in [0.29, 0.717) is 30.3 Å². The predicted molar refractivity (Wildman–Crippen MR) is 69.1 cm³/mol. The van der Waals surface area contributed by atoms with Gasteiger partial charge in [0.2, 0.25) is 0 Å². The molecule has 0 saturated heterocycles. The smallest absolute Gasteiger partial charge is 0.165 e. The van der Waals surface area contributed by atoms with Crippen LogP contribution >= 0.6 is 0 Å². The van der Waals surface area contributed by atoms with E-state index in [4.69, 9.17) is 9.47 Å². The summed E-state index contributed by atoms with van der Waals surface area (Å²) < 4.78 is 24.5. The van der Waals surface area contributed by atoms with Crippen LogP contribution in [0.1, 0.15) is 6.42 Å². The molecule has 1 aliphatic heterocycles. The summed E-state index contributed by atoms with van der Waals surface area (Å²) in [6, 6.07) is 9.80. The van der Waals surface area contributed by atoms with Crippen molar-refractivity contribution < 1.29 is 19.0 Å². The Morgan fingerprint density at radius 3 is 2.37 bits per heavy atom. The minimum Gasteiger partial charge on any atom is -0.505 e. The number of ether oxygens (including phenoxy) is 2. The standard InChI is InChI=1S/C15H13FO3/c16-12-8-10(2-4-13(12)17)11-3-5-14-15(9-11)19-7-1-6-18-14/h2-5,8-9,17H,1,6-7H2. The number of fused-ring (bicyclic) bond motifs is 1. The minimum absolute atomic E-state index is 0.349. The fourth-order valence-electron chi connectivity index (χ4n) is 2.03. The molecular formula is C15H13FO3. The molecular weight excluding hydrogens is 247 g/mol. The lowest BCUT2D eigenvalue weighted by Crippen LogP contribution is -1.97. The average molecular weight is 260 g/mol. The van der Waals surface area contributed by atoms with Crippen molar-refractivity contribution in [2.45, 2.75) is 6.42 Å². The van der Waals surface area contributed by atoms with Crippen LogP contribution in [0.5, 0.6) is 17.2 Å². The molecule has 0 unspecified atom stereocenters. The molecule has 0 spiro atoms. The summed E-state index contributed by atoms with van der Waals surface area (Å²) in [5.74, 6) is 0.395. The van der Waals surface area contributed by atoms with Crippen LogP contribution in [0.2, 0.25) is 0 Å². The molecule has 1 heterocycles. The molecule has 4 heteroatoms. The highest BCUT2D eigenvalue weighted by atomic mass is 19.1. The first-order valence-corrected chi connectivity index (χ1v) is 6.12. The molecule has 1 N–H and O–H groups in total. The third kappa shape index (κ3) is 2.34. The first kappa shape index (κ1) is 11.8. The summed E-state index contributed by atoms with van der Waals surface area (Å²) in [5.41, 5.74) is 1.51. The Labute approximate surface area is 110 Å². The van der Waals surface area contributed by atoms with Gasteiger partial charge in [-0.15, -0.1) is 0 Å². The quantitative estimate of drug-likeness (QED) is 0.854. The summed E-state index contributed by atoms with van der Waals surface area (Å²) in [6.45, 7) is 1.25. The number of hydrogen-bond acceptors (Lipinski definition) is 3. The molecule has 0 radical (unpaired) electrons. The van der Waals surface area contributed by atoms with E-state index in [2.05, 4.69) is 0 Å². The summed E-state index contributed by atoms with van der Waals surface area (Å²) >= 11 is 0. The van der Waals surface area contributed by atoms with Crippen LogP contribution in [-0.4, -0.2) is 18.3 Å². The van der Waals surface area contributed by atoms with Crippen LogP contribution in [0.3, 0.4) is 0 Å². The lowest BCUT2D eigenvalue weighted by Gasteiger charge is -2.09. The van der Waals surface area contributed by atoms with E-state index in [9.17, 15) is 9.50 Å². The number of aromatic hydroxyl groups is 1. The van der Waals surface area contributed by atoms with Gasteiger partial charge >= 0.3 is 0 Å². The topological polar surface area (TPSA) is 38.7 Å². The predicted octanol–water partition coefficient (Wildman–Crippen LogP) is 3.36. The molecule has 0 amide bonds. The summed E-state index contributed by atoms with van der Waals surface area (Å²) in [5, 5.41) is 9.20. The lowest BCUT2D eigenvalue weighted by atomic mass is 10.0. The minimum atomic E-state index is -0.635. The maximum absolute atomic E-state index is 13.4. The van der Waals surface area contributed by atoms with Crippen LogP contribution in [0, 0.1) is 5.82 Å². The second-order valence-electron chi connectivity index (χ2n) is 4.38. The van der Waals surface area contributed by atoms with Crippen LogP contribution < -0.4 is 9.47 Å². The molecule has 0 fully saturated rings. The third-order valence-corrected chi connectivity index (χ3v) is 3.03. The highest BCUT2D eigenvalue weighted by molar-refractivity contribution is 5.68. The number of benzene rings is 2. The summed E-state index contributed by atoms with van der Waals surface area (Å²) in [4.78, 5) is 0. The molecule has 0 aromatic heterocycles. The second-order valence-corrected chi connectivity index (χ2v) is 4.38. The Bertz CT molecular complexity index is 610. The molecule has 3 rings (SSSR count). The van der Waals surface area contributed by atoms with Gasteiger partial charge < -0.3 is 14.6 Å². The van der Waals surface area contributed by atoms with Crippen LogP contribution in [0.15, 0.2) is 36.4 Å². The van der Waals surface area contributed by atoms with Crippen LogP contribution in [0.4, 0.5) is 4.39 Å². The highest BCUT2D eigenvalue weighted by Crippen LogP contribution is 2.35. The maximum atomic E-state index is 13.4. The Morgan fingerprint density at radius 1 is 0.895 bits per heavy atom. The van der Waals surface area contributed by atoms with Crippen molar-refractivity contribution in [1.82, 2.24) is 0 Å². The highest BCUT2D eigenvalue weighted by Gasteiger charge is 2.12. The maximum Gasteiger partial charge on any atom is 0.165 e. The van der Waals surface area contributed by atoms with Gasteiger partial charge in [0.05, 0.1) is 13.2 Å². The molecule has 98 valence electrons. The zero-order valence-electron chi connectivity index (χ0n) is 10.2. The Balaban J connectivity index is 2.01. The Morgan fingerprint density at radius 2 is 1.58 bits per heavy atom. The van der Waals surface area contributed by atoms with E-state index in [0.717, 1.165) is 12.0 Å². The van der Waals surface area contributed by atoms with Gasteiger partial charge in [-0.3, -0.25) is 0 Å².